The van der Waals surface area contributed by atoms with Gasteiger partial charge in [-0.3, -0.25) is 14.9 Å². The molecule has 0 bridgehead atoms. The lowest BCUT2D eigenvalue weighted by atomic mass is 9.93. The summed E-state index contributed by atoms with van der Waals surface area (Å²) in [6.07, 6.45) is 6.43. The number of ether oxygens (including phenoxy) is 3. The molecule has 1 aliphatic carbocycles. The molecule has 0 radical (unpaired) electrons. The van der Waals surface area contributed by atoms with Crippen LogP contribution in [0, 0.1) is 0 Å². The van der Waals surface area contributed by atoms with Crippen molar-refractivity contribution in [1.29, 1.82) is 0 Å². The zero-order valence-corrected chi connectivity index (χ0v) is 17.5. The number of aromatic nitrogens is 4. The Hall–Kier alpha value is -3.62. The lowest BCUT2D eigenvalue weighted by Gasteiger charge is -2.29. The second-order valence-corrected chi connectivity index (χ2v) is 7.33. The maximum absolute atomic E-state index is 12.7. The van der Waals surface area contributed by atoms with Gasteiger partial charge in [0.25, 0.3) is 5.91 Å². The van der Waals surface area contributed by atoms with Crippen LogP contribution in [-0.4, -0.2) is 52.4 Å². The lowest BCUT2D eigenvalue weighted by molar-refractivity contribution is 0.0884. The summed E-state index contributed by atoms with van der Waals surface area (Å²) < 4.78 is 16.4. The highest BCUT2D eigenvalue weighted by Crippen LogP contribution is 2.28. The lowest BCUT2D eigenvalue weighted by Crippen LogP contribution is -2.39. The average Bonchev–Trinajstić information content (AvgIpc) is 3.31. The van der Waals surface area contributed by atoms with Crippen LogP contribution in [0.4, 0.5) is 0 Å². The van der Waals surface area contributed by atoms with Crippen molar-refractivity contribution in [2.45, 2.75) is 37.8 Å². The van der Waals surface area contributed by atoms with Crippen molar-refractivity contribution in [2.24, 2.45) is 0 Å². The van der Waals surface area contributed by atoms with Gasteiger partial charge in [-0.2, -0.15) is 10.1 Å². The summed E-state index contributed by atoms with van der Waals surface area (Å²) in [6, 6.07) is 9.39. The summed E-state index contributed by atoms with van der Waals surface area (Å²) in [7, 11) is 3.15. The zero-order chi connectivity index (χ0) is 21.6. The number of nitrogens with zero attached hydrogens (tertiary/aromatic N) is 3. The van der Waals surface area contributed by atoms with Crippen molar-refractivity contribution in [3.63, 3.8) is 0 Å². The molecular weight excluding hydrogens is 398 g/mol. The molecule has 31 heavy (non-hydrogen) atoms. The molecule has 0 unspecified atom stereocenters. The van der Waals surface area contributed by atoms with E-state index in [1.54, 1.807) is 26.5 Å². The molecule has 2 aromatic heterocycles. The maximum atomic E-state index is 12.7. The van der Waals surface area contributed by atoms with E-state index in [-0.39, 0.29) is 18.1 Å². The monoisotopic (exact) mass is 423 g/mol. The summed E-state index contributed by atoms with van der Waals surface area (Å²) in [5.74, 6) is 1.41. The molecule has 1 saturated carbocycles. The van der Waals surface area contributed by atoms with E-state index in [0.717, 1.165) is 31.2 Å². The number of para-hydroxylation sites is 1. The van der Waals surface area contributed by atoms with Crippen molar-refractivity contribution in [2.75, 3.05) is 14.2 Å². The third-order valence-corrected chi connectivity index (χ3v) is 5.30. The van der Waals surface area contributed by atoms with E-state index < -0.39 is 0 Å². The van der Waals surface area contributed by atoms with Gasteiger partial charge in [-0.25, -0.2) is 0 Å². The molecule has 0 spiro atoms. The average molecular weight is 423 g/mol. The quantitative estimate of drug-likeness (QED) is 0.601. The number of H-pyrrole nitrogens is 1. The number of hydrogen-bond donors (Lipinski definition) is 2. The third-order valence-electron chi connectivity index (χ3n) is 5.30. The number of amides is 1. The van der Waals surface area contributed by atoms with Gasteiger partial charge in [0.1, 0.15) is 17.5 Å². The number of methoxy groups -OCH3 is 2. The summed E-state index contributed by atoms with van der Waals surface area (Å²) in [5, 5.41) is 10.2. The highest BCUT2D eigenvalue weighted by Gasteiger charge is 2.25. The fraction of sp³-hybridized carbons (Fsp3) is 0.364. The van der Waals surface area contributed by atoms with Crippen LogP contribution in [0.25, 0.3) is 11.3 Å². The van der Waals surface area contributed by atoms with Crippen molar-refractivity contribution in [3.05, 3.63) is 48.4 Å². The molecule has 1 aromatic carbocycles. The zero-order valence-electron chi connectivity index (χ0n) is 17.5. The minimum Gasteiger partial charge on any atom is -0.496 e. The Labute approximate surface area is 180 Å². The van der Waals surface area contributed by atoms with E-state index in [1.165, 1.54) is 6.20 Å². The van der Waals surface area contributed by atoms with Gasteiger partial charge in [0.15, 0.2) is 0 Å². The van der Waals surface area contributed by atoms with Crippen LogP contribution in [-0.2, 0) is 0 Å². The molecule has 9 heteroatoms. The fourth-order valence-electron chi connectivity index (χ4n) is 3.68. The van der Waals surface area contributed by atoms with Crippen LogP contribution in [0.5, 0.6) is 17.5 Å². The summed E-state index contributed by atoms with van der Waals surface area (Å²) in [4.78, 5) is 21.0. The smallest absolute Gasteiger partial charge is 0.269 e. The Bertz CT molecular complexity index is 1030. The molecule has 3 aromatic rings. The summed E-state index contributed by atoms with van der Waals surface area (Å²) >= 11 is 0. The minimum absolute atomic E-state index is 0.0406. The van der Waals surface area contributed by atoms with E-state index in [0.29, 0.717) is 28.9 Å². The van der Waals surface area contributed by atoms with Gasteiger partial charge < -0.3 is 19.5 Å². The van der Waals surface area contributed by atoms with Crippen LogP contribution in [0.1, 0.15) is 36.2 Å². The molecular formula is C22H25N5O4. The molecule has 2 heterocycles. The molecule has 0 aliphatic heterocycles. The third kappa shape index (κ3) is 4.93. The molecule has 162 valence electrons. The number of hydrogen-bond acceptors (Lipinski definition) is 7. The van der Waals surface area contributed by atoms with E-state index in [4.69, 9.17) is 14.2 Å². The van der Waals surface area contributed by atoms with Crippen LogP contribution in [0.3, 0.4) is 0 Å². The van der Waals surface area contributed by atoms with Gasteiger partial charge in [-0.1, -0.05) is 12.1 Å². The number of benzene rings is 1. The Morgan fingerprint density at radius 1 is 1.06 bits per heavy atom. The van der Waals surface area contributed by atoms with E-state index in [2.05, 4.69) is 25.5 Å². The molecule has 0 atom stereocenters. The molecule has 1 fully saturated rings. The van der Waals surface area contributed by atoms with Gasteiger partial charge >= 0.3 is 0 Å². The number of aromatic amines is 1. The highest BCUT2D eigenvalue weighted by atomic mass is 16.5. The number of rotatable bonds is 7. The topological polar surface area (TPSA) is 111 Å². The van der Waals surface area contributed by atoms with Crippen molar-refractivity contribution >= 4 is 5.91 Å². The van der Waals surface area contributed by atoms with Crippen molar-refractivity contribution in [3.8, 4) is 28.8 Å². The Morgan fingerprint density at radius 2 is 1.84 bits per heavy atom. The van der Waals surface area contributed by atoms with Crippen LogP contribution in [0.2, 0.25) is 0 Å². The number of nitrogens with one attached hydrogen (secondary N) is 2. The van der Waals surface area contributed by atoms with Gasteiger partial charge in [0.2, 0.25) is 11.8 Å². The highest BCUT2D eigenvalue weighted by molar-refractivity contribution is 5.93. The first kappa shape index (κ1) is 20.6. The first-order valence-corrected chi connectivity index (χ1v) is 10.2. The Kier molecular flexibility index (Phi) is 6.30. The van der Waals surface area contributed by atoms with E-state index in [1.807, 2.05) is 24.3 Å². The van der Waals surface area contributed by atoms with E-state index >= 15 is 0 Å². The van der Waals surface area contributed by atoms with Gasteiger partial charge in [-0.05, 0) is 43.9 Å². The fourth-order valence-corrected chi connectivity index (χ4v) is 3.68. The van der Waals surface area contributed by atoms with Crippen LogP contribution < -0.4 is 19.5 Å². The second kappa shape index (κ2) is 9.46. The molecule has 2 N–H and O–H groups in total. The number of carbonyl (C=O) groups excluding carboxylic acids is 1. The maximum Gasteiger partial charge on any atom is 0.269 e. The molecule has 9 nitrogen and oxygen atoms in total. The second-order valence-electron chi connectivity index (χ2n) is 7.33. The molecule has 0 saturated heterocycles. The summed E-state index contributed by atoms with van der Waals surface area (Å²) in [5.41, 5.74) is 1.92. The van der Waals surface area contributed by atoms with E-state index in [9.17, 15) is 4.79 Å². The number of carbonyl (C=O) groups is 1. The SMILES string of the molecule is COc1cncc(OC2CCC(NC(=O)c3cc(-c4ccccc4OC)n[nH]3)CC2)n1. The van der Waals surface area contributed by atoms with Gasteiger partial charge in [0.05, 0.1) is 32.3 Å². The summed E-state index contributed by atoms with van der Waals surface area (Å²) in [6.45, 7) is 0. The predicted octanol–water partition coefficient (Wildman–Crippen LogP) is 3.00. The van der Waals surface area contributed by atoms with Crippen LogP contribution >= 0.6 is 0 Å². The normalized spacial score (nSPS) is 18.3. The molecule has 4 rings (SSSR count). The van der Waals surface area contributed by atoms with Gasteiger partial charge in [-0.15, -0.1) is 0 Å². The first-order chi connectivity index (χ1) is 15.2. The standard InChI is InChI=1S/C22H25N5O4/c1-29-19-6-4-3-5-16(19)17-11-18(27-26-17)22(28)24-14-7-9-15(10-8-14)31-21-13-23-12-20(25-21)30-2/h3-6,11-15H,7-10H2,1-2H3,(H,24,28)(H,26,27). The largest absolute Gasteiger partial charge is 0.496 e. The Balaban J connectivity index is 1.31. The first-order valence-electron chi connectivity index (χ1n) is 10.2. The molecule has 1 amide bonds. The van der Waals surface area contributed by atoms with Gasteiger partial charge in [0, 0.05) is 11.6 Å². The Morgan fingerprint density at radius 3 is 2.61 bits per heavy atom. The van der Waals surface area contributed by atoms with Crippen molar-refractivity contribution < 1.29 is 19.0 Å². The molecule has 1 aliphatic rings. The minimum atomic E-state index is -0.170. The predicted molar refractivity (Wildman–Crippen MR) is 113 cm³/mol. The van der Waals surface area contributed by atoms with Crippen LogP contribution in [0.15, 0.2) is 42.7 Å². The van der Waals surface area contributed by atoms with Crippen molar-refractivity contribution in [1.82, 2.24) is 25.5 Å².